The quantitative estimate of drug-likeness (QED) is 0.909. The summed E-state index contributed by atoms with van der Waals surface area (Å²) in [5.74, 6) is 0. The number of hydrogen-bond acceptors (Lipinski definition) is 4. The number of likely N-dealkylation sites (N-methyl/N-ethyl adjacent to an activating group) is 1. The molecule has 1 aromatic heterocycles. The van der Waals surface area contributed by atoms with Gasteiger partial charge in [0.2, 0.25) is 0 Å². The van der Waals surface area contributed by atoms with Gasteiger partial charge in [0.25, 0.3) is 5.56 Å². The maximum absolute atomic E-state index is 11.8. The van der Waals surface area contributed by atoms with Gasteiger partial charge in [0.05, 0.1) is 17.9 Å². The first-order valence-electron chi connectivity index (χ1n) is 6.77. The van der Waals surface area contributed by atoms with Crippen molar-refractivity contribution in [3.8, 4) is 0 Å². The second-order valence-electron chi connectivity index (χ2n) is 5.21. The fourth-order valence-corrected chi connectivity index (χ4v) is 2.49. The van der Waals surface area contributed by atoms with Crippen LogP contribution in [0.1, 0.15) is 11.6 Å². The highest BCUT2D eigenvalue weighted by Gasteiger charge is 2.15. The van der Waals surface area contributed by atoms with Gasteiger partial charge in [0.15, 0.2) is 0 Å². The summed E-state index contributed by atoms with van der Waals surface area (Å²) in [6, 6.07) is 7.80. The van der Waals surface area contributed by atoms with Crippen molar-refractivity contribution in [1.82, 2.24) is 14.7 Å². The Morgan fingerprint density at radius 2 is 1.91 bits per heavy atom. The summed E-state index contributed by atoms with van der Waals surface area (Å²) in [4.78, 5) is 13.9. The number of rotatable bonds is 5. The van der Waals surface area contributed by atoms with Gasteiger partial charge in [0, 0.05) is 18.6 Å². The monoisotopic (exact) mass is 340 g/mol. The molecule has 1 atom stereocenters. The van der Waals surface area contributed by atoms with Crippen LogP contribution in [-0.4, -0.2) is 35.3 Å². The summed E-state index contributed by atoms with van der Waals surface area (Å²) in [5, 5.41) is 8.01. The molecule has 0 spiro atoms. The lowest BCUT2D eigenvalue weighted by atomic mass is 10.1. The summed E-state index contributed by atoms with van der Waals surface area (Å²) >= 11 is 12.0. The number of aryl methyl sites for hydroxylation is 1. The number of hydrogen-bond donors (Lipinski definition) is 1. The summed E-state index contributed by atoms with van der Waals surface area (Å²) < 4.78 is 1.20. The van der Waals surface area contributed by atoms with Crippen LogP contribution in [-0.2, 0) is 7.05 Å². The summed E-state index contributed by atoms with van der Waals surface area (Å²) in [6.45, 7) is 0.587. The molecule has 0 amide bonds. The van der Waals surface area contributed by atoms with Crippen LogP contribution >= 0.6 is 23.2 Å². The smallest absolute Gasteiger partial charge is 0.287 e. The molecular formula is C15H18Cl2N4O. The van der Waals surface area contributed by atoms with E-state index in [1.54, 1.807) is 13.2 Å². The highest BCUT2D eigenvalue weighted by molar-refractivity contribution is 6.32. The number of nitrogens with zero attached hydrogens (tertiary/aromatic N) is 3. The van der Waals surface area contributed by atoms with E-state index in [0.717, 1.165) is 5.56 Å². The highest BCUT2D eigenvalue weighted by Crippen LogP contribution is 2.22. The molecule has 0 saturated carbocycles. The molecule has 1 unspecified atom stereocenters. The van der Waals surface area contributed by atoms with Crippen LogP contribution < -0.4 is 10.9 Å². The normalized spacial score (nSPS) is 12.5. The van der Waals surface area contributed by atoms with Gasteiger partial charge in [-0.15, -0.1) is 0 Å². The molecule has 0 radical (unpaired) electrons. The minimum absolute atomic E-state index is 0.109. The molecule has 0 saturated heterocycles. The Bertz CT molecular complexity index is 698. The average molecular weight is 341 g/mol. The Balaban J connectivity index is 2.18. The first-order chi connectivity index (χ1) is 10.4. The molecule has 118 valence electrons. The lowest BCUT2D eigenvalue weighted by molar-refractivity contribution is 0.312. The zero-order chi connectivity index (χ0) is 16.3. The minimum Gasteiger partial charge on any atom is -0.380 e. The summed E-state index contributed by atoms with van der Waals surface area (Å²) in [7, 11) is 5.55. The van der Waals surface area contributed by atoms with Crippen molar-refractivity contribution in [3.05, 3.63) is 56.4 Å². The largest absolute Gasteiger partial charge is 0.380 e. The second kappa shape index (κ2) is 7.13. The lowest BCUT2D eigenvalue weighted by Crippen LogP contribution is -2.28. The Kier molecular flexibility index (Phi) is 5.45. The third-order valence-electron chi connectivity index (χ3n) is 3.44. The highest BCUT2D eigenvalue weighted by atomic mass is 35.5. The number of halogens is 2. The maximum atomic E-state index is 11.8. The van der Waals surface area contributed by atoms with E-state index in [0.29, 0.717) is 17.3 Å². The van der Waals surface area contributed by atoms with Gasteiger partial charge in [-0.25, -0.2) is 4.68 Å². The molecule has 0 aliphatic heterocycles. The molecule has 1 heterocycles. The van der Waals surface area contributed by atoms with Gasteiger partial charge in [-0.2, -0.15) is 5.10 Å². The van der Waals surface area contributed by atoms with Crippen molar-refractivity contribution < 1.29 is 0 Å². The molecule has 5 nitrogen and oxygen atoms in total. The van der Waals surface area contributed by atoms with Crippen LogP contribution in [0.15, 0.2) is 35.3 Å². The van der Waals surface area contributed by atoms with Crippen molar-refractivity contribution in [2.45, 2.75) is 6.04 Å². The summed E-state index contributed by atoms with van der Waals surface area (Å²) in [5.41, 5.74) is 1.33. The molecule has 1 N–H and O–H groups in total. The van der Waals surface area contributed by atoms with Crippen LogP contribution in [0, 0.1) is 0 Å². The standard InChI is InChI=1S/C15H18Cl2N4O/c1-20(2)13(10-4-6-11(16)7-5-10)9-18-12-8-19-21(3)15(22)14(12)17/h4-8,13,18H,9H2,1-3H3. The molecule has 2 rings (SSSR count). The van der Waals surface area contributed by atoms with Crippen molar-refractivity contribution in [1.29, 1.82) is 0 Å². The topological polar surface area (TPSA) is 50.2 Å². The van der Waals surface area contributed by atoms with Crippen LogP contribution in [0.2, 0.25) is 10.0 Å². The number of anilines is 1. The molecule has 0 bridgehead atoms. The number of nitrogens with one attached hydrogen (secondary N) is 1. The van der Waals surface area contributed by atoms with E-state index < -0.39 is 0 Å². The van der Waals surface area contributed by atoms with Crippen molar-refractivity contribution in [2.75, 3.05) is 26.0 Å². The fourth-order valence-electron chi connectivity index (χ4n) is 2.12. The molecule has 0 aliphatic carbocycles. The molecule has 2 aromatic rings. The molecule has 7 heteroatoms. The van der Waals surface area contributed by atoms with Gasteiger partial charge in [-0.1, -0.05) is 35.3 Å². The molecule has 0 aliphatic rings. The van der Waals surface area contributed by atoms with Gasteiger partial charge in [-0.05, 0) is 31.8 Å². The molecule has 22 heavy (non-hydrogen) atoms. The summed E-state index contributed by atoms with van der Waals surface area (Å²) in [6.07, 6.45) is 1.55. The Hall–Kier alpha value is -1.56. The first-order valence-corrected chi connectivity index (χ1v) is 7.53. The van der Waals surface area contributed by atoms with Crippen molar-refractivity contribution in [2.24, 2.45) is 7.05 Å². The van der Waals surface area contributed by atoms with E-state index in [1.807, 2.05) is 38.4 Å². The lowest BCUT2D eigenvalue weighted by Gasteiger charge is -2.25. The molecular weight excluding hydrogens is 323 g/mol. The van der Waals surface area contributed by atoms with E-state index in [9.17, 15) is 4.79 Å². The maximum Gasteiger partial charge on any atom is 0.287 e. The predicted molar refractivity (Wildman–Crippen MR) is 90.9 cm³/mol. The van der Waals surface area contributed by atoms with E-state index in [4.69, 9.17) is 23.2 Å². The van der Waals surface area contributed by atoms with Crippen LogP contribution in [0.4, 0.5) is 5.69 Å². The second-order valence-corrected chi connectivity index (χ2v) is 6.03. The fraction of sp³-hybridized carbons (Fsp3) is 0.333. The average Bonchev–Trinajstić information content (AvgIpc) is 2.48. The Labute approximate surface area is 139 Å². The molecule has 0 fully saturated rings. The van der Waals surface area contributed by atoms with Crippen LogP contribution in [0.3, 0.4) is 0 Å². The molecule has 1 aromatic carbocycles. The van der Waals surface area contributed by atoms with E-state index in [2.05, 4.69) is 15.3 Å². The van der Waals surface area contributed by atoms with Crippen LogP contribution in [0.25, 0.3) is 0 Å². The van der Waals surface area contributed by atoms with Gasteiger partial charge < -0.3 is 10.2 Å². The van der Waals surface area contributed by atoms with Gasteiger partial charge in [-0.3, -0.25) is 4.79 Å². The van der Waals surface area contributed by atoms with Gasteiger partial charge in [0.1, 0.15) is 5.02 Å². The van der Waals surface area contributed by atoms with Crippen molar-refractivity contribution in [3.63, 3.8) is 0 Å². The third kappa shape index (κ3) is 3.80. The van der Waals surface area contributed by atoms with E-state index >= 15 is 0 Å². The Morgan fingerprint density at radius 1 is 1.27 bits per heavy atom. The van der Waals surface area contributed by atoms with E-state index in [-0.39, 0.29) is 16.6 Å². The van der Waals surface area contributed by atoms with Crippen molar-refractivity contribution >= 4 is 28.9 Å². The Morgan fingerprint density at radius 3 is 2.50 bits per heavy atom. The predicted octanol–water partition coefficient (Wildman–Crippen LogP) is 2.80. The third-order valence-corrected chi connectivity index (χ3v) is 4.06. The zero-order valence-electron chi connectivity index (χ0n) is 12.7. The van der Waals surface area contributed by atoms with Gasteiger partial charge >= 0.3 is 0 Å². The minimum atomic E-state index is -0.320. The SMILES string of the molecule is CN(C)C(CNc1cnn(C)c(=O)c1Cl)c1ccc(Cl)cc1. The van der Waals surface area contributed by atoms with Crippen LogP contribution in [0.5, 0.6) is 0 Å². The first kappa shape index (κ1) is 16.8. The number of benzene rings is 1. The van der Waals surface area contributed by atoms with E-state index in [1.165, 1.54) is 4.68 Å². The number of aromatic nitrogens is 2. The zero-order valence-corrected chi connectivity index (χ0v) is 14.2.